The molecule has 0 heterocycles. The van der Waals surface area contributed by atoms with E-state index in [4.69, 9.17) is 18.9 Å². The van der Waals surface area contributed by atoms with Gasteiger partial charge in [0.15, 0.2) is 11.7 Å². The molecule has 1 aliphatic carbocycles. The van der Waals surface area contributed by atoms with Gasteiger partial charge in [0.05, 0.1) is 14.2 Å². The Labute approximate surface area is 132 Å². The number of rotatable bonds is 9. The van der Waals surface area contributed by atoms with Gasteiger partial charge in [-0.15, -0.1) is 0 Å². The molecule has 1 rings (SSSR count). The number of ether oxygens (including phenoxy) is 4. The number of carbonyl (C=O) groups is 2. The average molecular weight is 316 g/mol. The summed E-state index contributed by atoms with van der Waals surface area (Å²) in [5.41, 5.74) is -1.12. The smallest absolute Gasteiger partial charge is 0.323 e. The van der Waals surface area contributed by atoms with E-state index in [0.29, 0.717) is 6.42 Å². The zero-order chi connectivity index (χ0) is 16.6. The Kier molecular flexibility index (Phi) is 7.82. The molecule has 0 spiro atoms. The number of hydrogen-bond acceptors (Lipinski definition) is 6. The average Bonchev–Trinajstić information content (AvgIpc) is 2.98. The van der Waals surface area contributed by atoms with Crippen LogP contribution in [0, 0.1) is 11.3 Å². The summed E-state index contributed by atoms with van der Waals surface area (Å²) in [4.78, 5) is 24.4. The van der Waals surface area contributed by atoms with Crippen LogP contribution in [0.4, 0.5) is 0 Å². The van der Waals surface area contributed by atoms with E-state index in [1.807, 2.05) is 0 Å². The minimum atomic E-state index is -1.12. The van der Waals surface area contributed by atoms with E-state index >= 15 is 0 Å². The molecular formula is C16H28O6. The Bertz CT molecular complexity index is 348. The van der Waals surface area contributed by atoms with E-state index in [9.17, 15) is 9.59 Å². The second-order valence-corrected chi connectivity index (χ2v) is 5.73. The first kappa shape index (κ1) is 18.9. The maximum atomic E-state index is 12.2. The second kappa shape index (κ2) is 9.10. The van der Waals surface area contributed by atoms with Gasteiger partial charge in [-0.2, -0.15) is 0 Å². The van der Waals surface area contributed by atoms with Crippen LogP contribution in [-0.4, -0.2) is 46.7 Å². The largest absolute Gasteiger partial charge is 0.468 e. The molecule has 0 aromatic carbocycles. The number of carbonyl (C=O) groups excluding carboxylic acids is 2. The zero-order valence-corrected chi connectivity index (χ0v) is 14.1. The van der Waals surface area contributed by atoms with Crippen molar-refractivity contribution in [2.24, 2.45) is 11.3 Å². The van der Waals surface area contributed by atoms with Crippen LogP contribution in [0.3, 0.4) is 0 Å². The molecular weight excluding hydrogens is 288 g/mol. The third kappa shape index (κ3) is 3.98. The van der Waals surface area contributed by atoms with Gasteiger partial charge in [0, 0.05) is 14.2 Å². The summed E-state index contributed by atoms with van der Waals surface area (Å²) in [7, 11) is 5.88. The summed E-state index contributed by atoms with van der Waals surface area (Å²) in [6.07, 6.45) is 5.42. The Balaban J connectivity index is 2.63. The molecule has 128 valence electrons. The molecule has 1 saturated carbocycles. The van der Waals surface area contributed by atoms with E-state index in [1.54, 1.807) is 14.2 Å². The molecule has 0 saturated heterocycles. The van der Waals surface area contributed by atoms with E-state index in [-0.39, 0.29) is 12.2 Å². The number of unbranched alkanes of at least 4 members (excludes halogenated alkanes) is 1. The van der Waals surface area contributed by atoms with Crippen LogP contribution in [0.25, 0.3) is 0 Å². The molecule has 0 aromatic heterocycles. The highest BCUT2D eigenvalue weighted by molar-refractivity contribution is 6.00. The van der Waals surface area contributed by atoms with E-state index < -0.39 is 17.4 Å². The van der Waals surface area contributed by atoms with Gasteiger partial charge in [-0.25, -0.2) is 0 Å². The SMILES string of the molecule is COC(=O)C1(C(=O)OC)CCCC1CCCCC(OC)OC. The standard InChI is InChI=1S/C16H28O6/c1-19-13(20-2)10-6-5-8-12-9-7-11-16(12,14(17)21-3)15(18)22-4/h12-13H,5-11H2,1-4H3. The Morgan fingerprint density at radius 1 is 1.05 bits per heavy atom. The number of methoxy groups -OCH3 is 4. The van der Waals surface area contributed by atoms with E-state index in [2.05, 4.69) is 0 Å². The summed E-state index contributed by atoms with van der Waals surface area (Å²) in [6, 6.07) is 0. The monoisotopic (exact) mass is 316 g/mol. The molecule has 0 bridgehead atoms. The molecule has 1 fully saturated rings. The summed E-state index contributed by atoms with van der Waals surface area (Å²) in [5.74, 6) is -0.946. The van der Waals surface area contributed by atoms with Gasteiger partial charge in [0.2, 0.25) is 0 Å². The lowest BCUT2D eigenvalue weighted by Gasteiger charge is -2.30. The van der Waals surface area contributed by atoms with Crippen molar-refractivity contribution >= 4 is 11.9 Å². The summed E-state index contributed by atoms with van der Waals surface area (Å²) >= 11 is 0. The van der Waals surface area contributed by atoms with E-state index in [0.717, 1.165) is 38.5 Å². The lowest BCUT2D eigenvalue weighted by atomic mass is 9.75. The molecule has 1 atom stereocenters. The second-order valence-electron chi connectivity index (χ2n) is 5.73. The van der Waals surface area contributed by atoms with Crippen LogP contribution in [0.5, 0.6) is 0 Å². The summed E-state index contributed by atoms with van der Waals surface area (Å²) < 4.78 is 20.1. The van der Waals surface area contributed by atoms with Gasteiger partial charge < -0.3 is 18.9 Å². The maximum Gasteiger partial charge on any atom is 0.323 e. The lowest BCUT2D eigenvalue weighted by molar-refractivity contribution is -0.172. The summed E-state index contributed by atoms with van der Waals surface area (Å²) in [5, 5.41) is 0. The molecule has 0 N–H and O–H groups in total. The predicted octanol–water partition coefficient (Wildman–Crippen LogP) is 2.30. The highest BCUT2D eigenvalue weighted by Crippen LogP contribution is 2.47. The highest BCUT2D eigenvalue weighted by Gasteiger charge is 2.56. The fraction of sp³-hybridized carbons (Fsp3) is 0.875. The van der Waals surface area contributed by atoms with Crippen LogP contribution < -0.4 is 0 Å². The Hall–Kier alpha value is -1.14. The van der Waals surface area contributed by atoms with Crippen molar-refractivity contribution in [1.82, 2.24) is 0 Å². The first-order valence-electron chi connectivity index (χ1n) is 7.79. The molecule has 0 amide bonds. The Morgan fingerprint density at radius 2 is 1.64 bits per heavy atom. The third-order valence-corrected chi connectivity index (χ3v) is 4.69. The van der Waals surface area contributed by atoms with Crippen LogP contribution in [0.15, 0.2) is 0 Å². The van der Waals surface area contributed by atoms with Crippen LogP contribution in [0.2, 0.25) is 0 Å². The maximum absolute atomic E-state index is 12.2. The molecule has 0 aliphatic heterocycles. The van der Waals surface area contributed by atoms with Crippen molar-refractivity contribution in [2.45, 2.75) is 51.2 Å². The normalized spacial score (nSPS) is 20.1. The number of esters is 2. The predicted molar refractivity (Wildman–Crippen MR) is 80.1 cm³/mol. The minimum Gasteiger partial charge on any atom is -0.468 e. The topological polar surface area (TPSA) is 71.1 Å². The fourth-order valence-electron chi connectivity index (χ4n) is 3.49. The Morgan fingerprint density at radius 3 is 2.14 bits per heavy atom. The van der Waals surface area contributed by atoms with Gasteiger partial charge >= 0.3 is 11.9 Å². The van der Waals surface area contributed by atoms with Gasteiger partial charge in [0.1, 0.15) is 0 Å². The zero-order valence-electron chi connectivity index (χ0n) is 14.1. The molecule has 1 aliphatic rings. The molecule has 6 nitrogen and oxygen atoms in total. The molecule has 0 radical (unpaired) electrons. The van der Waals surface area contributed by atoms with Gasteiger partial charge in [-0.1, -0.05) is 12.8 Å². The van der Waals surface area contributed by atoms with Gasteiger partial charge in [-0.3, -0.25) is 9.59 Å². The van der Waals surface area contributed by atoms with E-state index in [1.165, 1.54) is 14.2 Å². The van der Waals surface area contributed by atoms with Gasteiger partial charge in [-0.05, 0) is 38.0 Å². The molecule has 22 heavy (non-hydrogen) atoms. The minimum absolute atomic E-state index is 0.0176. The fourth-order valence-corrected chi connectivity index (χ4v) is 3.49. The summed E-state index contributed by atoms with van der Waals surface area (Å²) in [6.45, 7) is 0. The first-order chi connectivity index (χ1) is 10.6. The lowest BCUT2D eigenvalue weighted by Crippen LogP contribution is -2.44. The highest BCUT2D eigenvalue weighted by atomic mass is 16.7. The van der Waals surface area contributed by atoms with Crippen molar-refractivity contribution in [1.29, 1.82) is 0 Å². The van der Waals surface area contributed by atoms with Crippen molar-refractivity contribution in [3.63, 3.8) is 0 Å². The molecule has 1 unspecified atom stereocenters. The first-order valence-corrected chi connectivity index (χ1v) is 7.79. The van der Waals surface area contributed by atoms with Crippen molar-refractivity contribution in [2.75, 3.05) is 28.4 Å². The van der Waals surface area contributed by atoms with Gasteiger partial charge in [0.25, 0.3) is 0 Å². The third-order valence-electron chi connectivity index (χ3n) is 4.69. The van der Waals surface area contributed by atoms with Crippen molar-refractivity contribution < 1.29 is 28.5 Å². The van der Waals surface area contributed by atoms with Crippen molar-refractivity contribution in [3.05, 3.63) is 0 Å². The molecule has 6 heteroatoms. The number of hydrogen-bond donors (Lipinski definition) is 0. The molecule has 0 aromatic rings. The van der Waals surface area contributed by atoms with Crippen LogP contribution >= 0.6 is 0 Å². The van der Waals surface area contributed by atoms with Crippen LogP contribution in [0.1, 0.15) is 44.9 Å². The quantitative estimate of drug-likeness (QED) is 0.281. The van der Waals surface area contributed by atoms with Crippen molar-refractivity contribution in [3.8, 4) is 0 Å². The van der Waals surface area contributed by atoms with Crippen LogP contribution in [-0.2, 0) is 28.5 Å².